The highest BCUT2D eigenvalue weighted by molar-refractivity contribution is 6.54. The molecule has 0 aromatic heterocycles. The summed E-state index contributed by atoms with van der Waals surface area (Å²) in [4.78, 5) is 9.54. The molecule has 1 aromatic carbocycles. The molecule has 0 aliphatic carbocycles. The summed E-state index contributed by atoms with van der Waals surface area (Å²) in [5.41, 5.74) is -0.552. The van der Waals surface area contributed by atoms with E-state index in [0.29, 0.717) is 0 Å². The number of carbonyl (C=O) groups is 1. The molecule has 2 nitrogen and oxygen atoms in total. The predicted molar refractivity (Wildman–Crippen MR) is 50.5 cm³/mol. The molecule has 0 spiro atoms. The molecule has 1 N–H and O–H groups in total. The molecule has 0 saturated carbocycles. The van der Waals surface area contributed by atoms with Gasteiger partial charge in [-0.1, -0.05) is 29.3 Å². The van der Waals surface area contributed by atoms with Crippen molar-refractivity contribution < 1.29 is 13.6 Å². The van der Waals surface area contributed by atoms with Crippen molar-refractivity contribution in [1.29, 1.82) is 0 Å². The van der Waals surface area contributed by atoms with E-state index in [1.54, 1.807) is 0 Å². The van der Waals surface area contributed by atoms with Crippen molar-refractivity contribution in [2.45, 2.75) is 4.84 Å². The molecule has 76 valence electrons. The fraction of sp³-hybridized carbons (Fsp3) is 0.125. The second kappa shape index (κ2) is 4.57. The monoisotopic (exact) mass is 239 g/mol. The van der Waals surface area contributed by atoms with Gasteiger partial charge in [0.25, 0.3) is 5.91 Å². The summed E-state index contributed by atoms with van der Waals surface area (Å²) >= 11 is 10.4. The molecule has 0 aliphatic heterocycles. The molecule has 0 atom stereocenters. The van der Waals surface area contributed by atoms with Gasteiger partial charge in [0.05, 0.1) is 0 Å². The van der Waals surface area contributed by atoms with Crippen LogP contribution >= 0.6 is 23.2 Å². The molecule has 0 heterocycles. The first-order valence-corrected chi connectivity index (χ1v) is 4.42. The lowest BCUT2D eigenvalue weighted by molar-refractivity contribution is -0.114. The van der Waals surface area contributed by atoms with Crippen LogP contribution in [0.1, 0.15) is 0 Å². The van der Waals surface area contributed by atoms with Crippen LogP contribution in [0.25, 0.3) is 0 Å². The highest BCUT2D eigenvalue weighted by Crippen LogP contribution is 2.19. The Kier molecular flexibility index (Phi) is 3.66. The molecule has 14 heavy (non-hydrogen) atoms. The van der Waals surface area contributed by atoms with Crippen LogP contribution in [0.2, 0.25) is 0 Å². The third kappa shape index (κ3) is 2.56. The van der Waals surface area contributed by atoms with Crippen LogP contribution in [-0.2, 0) is 4.79 Å². The van der Waals surface area contributed by atoms with Crippen LogP contribution in [0.4, 0.5) is 14.5 Å². The van der Waals surface area contributed by atoms with E-state index in [1.807, 2.05) is 5.32 Å². The Balaban J connectivity index is 2.91. The van der Waals surface area contributed by atoms with E-state index < -0.39 is 28.1 Å². The molecule has 0 saturated heterocycles. The van der Waals surface area contributed by atoms with E-state index in [1.165, 1.54) is 6.07 Å². The first-order chi connectivity index (χ1) is 6.52. The zero-order valence-electron chi connectivity index (χ0n) is 6.73. The van der Waals surface area contributed by atoms with E-state index in [0.717, 1.165) is 12.1 Å². The lowest BCUT2D eigenvalue weighted by Crippen LogP contribution is -2.20. The lowest BCUT2D eigenvalue weighted by Gasteiger charge is -2.07. The number of para-hydroxylation sites is 1. The fourth-order valence-corrected chi connectivity index (χ4v) is 0.904. The van der Waals surface area contributed by atoms with Gasteiger partial charge in [-0.05, 0) is 12.1 Å². The molecule has 0 radical (unpaired) electrons. The third-order valence-corrected chi connectivity index (χ3v) is 1.81. The number of benzene rings is 1. The van der Waals surface area contributed by atoms with Crippen LogP contribution in [0, 0.1) is 11.6 Å². The Hall–Kier alpha value is -0.870. The molecular weight excluding hydrogens is 235 g/mol. The van der Waals surface area contributed by atoms with Crippen LogP contribution in [0.5, 0.6) is 0 Å². The SMILES string of the molecule is O=C(Nc1c(F)cccc1F)C(Cl)Cl. The summed E-state index contributed by atoms with van der Waals surface area (Å²) in [7, 11) is 0. The highest BCUT2D eigenvalue weighted by atomic mass is 35.5. The standard InChI is InChI=1S/C8H5Cl2F2NO/c9-7(10)8(14)13-6-4(11)2-1-3-5(6)12/h1-3,7H,(H,13,14). The van der Waals surface area contributed by atoms with Crippen molar-refractivity contribution >= 4 is 34.8 Å². The molecule has 0 fully saturated rings. The lowest BCUT2D eigenvalue weighted by atomic mass is 10.3. The minimum Gasteiger partial charge on any atom is -0.319 e. The maximum atomic E-state index is 12.9. The zero-order chi connectivity index (χ0) is 10.7. The minimum atomic E-state index is -1.37. The summed E-state index contributed by atoms with van der Waals surface area (Å²) in [6, 6.07) is 3.20. The Morgan fingerprint density at radius 3 is 2.21 bits per heavy atom. The Morgan fingerprint density at radius 1 is 1.29 bits per heavy atom. The first-order valence-electron chi connectivity index (χ1n) is 3.55. The van der Waals surface area contributed by atoms with Gasteiger partial charge in [0.15, 0.2) is 4.84 Å². The van der Waals surface area contributed by atoms with Crippen LogP contribution in [-0.4, -0.2) is 10.7 Å². The van der Waals surface area contributed by atoms with Gasteiger partial charge < -0.3 is 5.32 Å². The Morgan fingerprint density at radius 2 is 1.79 bits per heavy atom. The van der Waals surface area contributed by atoms with Crippen LogP contribution in [0.3, 0.4) is 0 Å². The van der Waals surface area contributed by atoms with E-state index in [9.17, 15) is 13.6 Å². The number of rotatable bonds is 2. The second-order valence-electron chi connectivity index (χ2n) is 2.39. The van der Waals surface area contributed by atoms with Crippen molar-refractivity contribution in [3.63, 3.8) is 0 Å². The topological polar surface area (TPSA) is 29.1 Å². The van der Waals surface area contributed by atoms with E-state index in [2.05, 4.69) is 0 Å². The quantitative estimate of drug-likeness (QED) is 0.791. The largest absolute Gasteiger partial charge is 0.319 e. The summed E-state index contributed by atoms with van der Waals surface area (Å²) in [6.07, 6.45) is 0. The predicted octanol–water partition coefficient (Wildman–Crippen LogP) is 2.71. The van der Waals surface area contributed by atoms with Gasteiger partial charge in [0.1, 0.15) is 17.3 Å². The van der Waals surface area contributed by atoms with Gasteiger partial charge in [-0.25, -0.2) is 8.78 Å². The molecule has 1 aromatic rings. The van der Waals surface area contributed by atoms with Crippen molar-refractivity contribution in [1.82, 2.24) is 0 Å². The maximum absolute atomic E-state index is 12.9. The number of anilines is 1. The number of carbonyl (C=O) groups excluding carboxylic acids is 1. The van der Waals surface area contributed by atoms with Gasteiger partial charge in [-0.3, -0.25) is 4.79 Å². The number of halogens is 4. The van der Waals surface area contributed by atoms with Crippen molar-refractivity contribution in [2.75, 3.05) is 5.32 Å². The molecule has 1 rings (SSSR count). The van der Waals surface area contributed by atoms with Crippen LogP contribution in [0.15, 0.2) is 18.2 Å². The average molecular weight is 240 g/mol. The zero-order valence-corrected chi connectivity index (χ0v) is 8.24. The van der Waals surface area contributed by atoms with E-state index in [4.69, 9.17) is 23.2 Å². The average Bonchev–Trinajstić information content (AvgIpc) is 2.11. The second-order valence-corrected chi connectivity index (χ2v) is 3.48. The molecule has 0 aliphatic rings. The molecule has 1 amide bonds. The van der Waals surface area contributed by atoms with Crippen LogP contribution < -0.4 is 5.32 Å². The Labute approximate surface area is 88.8 Å². The highest BCUT2D eigenvalue weighted by Gasteiger charge is 2.16. The summed E-state index contributed by atoms with van der Waals surface area (Å²) in [5, 5.41) is 1.93. The molecule has 6 heteroatoms. The number of alkyl halides is 2. The van der Waals surface area contributed by atoms with Gasteiger partial charge in [-0.2, -0.15) is 0 Å². The van der Waals surface area contributed by atoms with Gasteiger partial charge in [-0.15, -0.1) is 0 Å². The van der Waals surface area contributed by atoms with Crippen molar-refractivity contribution in [3.05, 3.63) is 29.8 Å². The number of nitrogens with one attached hydrogen (secondary N) is 1. The summed E-state index contributed by atoms with van der Waals surface area (Å²) < 4.78 is 25.9. The molecule has 0 bridgehead atoms. The maximum Gasteiger partial charge on any atom is 0.257 e. The van der Waals surface area contributed by atoms with Crippen molar-refractivity contribution in [2.24, 2.45) is 0 Å². The third-order valence-electron chi connectivity index (χ3n) is 1.41. The minimum absolute atomic E-state index is 0.552. The van der Waals surface area contributed by atoms with Gasteiger partial charge in [0.2, 0.25) is 0 Å². The summed E-state index contributed by atoms with van der Waals surface area (Å²) in [5.74, 6) is -2.64. The molecule has 0 unspecified atom stereocenters. The van der Waals surface area contributed by atoms with Crippen molar-refractivity contribution in [3.8, 4) is 0 Å². The Bertz CT molecular complexity index is 337. The fourth-order valence-electron chi connectivity index (χ4n) is 0.795. The number of hydrogen-bond donors (Lipinski definition) is 1. The molecular formula is C8H5Cl2F2NO. The number of hydrogen-bond acceptors (Lipinski definition) is 1. The first kappa shape index (κ1) is 11.2. The smallest absolute Gasteiger partial charge is 0.257 e. The number of amides is 1. The normalized spacial score (nSPS) is 10.4. The van der Waals surface area contributed by atoms with Gasteiger partial charge >= 0.3 is 0 Å². The summed E-state index contributed by atoms with van der Waals surface area (Å²) in [6.45, 7) is 0. The van der Waals surface area contributed by atoms with Gasteiger partial charge in [0, 0.05) is 0 Å². The van der Waals surface area contributed by atoms with E-state index >= 15 is 0 Å². The van der Waals surface area contributed by atoms with E-state index in [-0.39, 0.29) is 0 Å².